The maximum Gasteiger partial charge on any atom is 0.290 e. The highest BCUT2D eigenvalue weighted by atomic mass is 16.3. The Bertz CT molecular complexity index is 269. The van der Waals surface area contributed by atoms with E-state index < -0.39 is 0 Å². The minimum absolute atomic E-state index is 0.118. The average Bonchev–Trinajstić information content (AvgIpc) is 1.97. The van der Waals surface area contributed by atoms with Crippen molar-refractivity contribution >= 4 is 6.47 Å². The van der Waals surface area contributed by atoms with Gasteiger partial charge in [-0.15, -0.1) is 0 Å². The summed E-state index contributed by atoms with van der Waals surface area (Å²) in [6.45, 7) is 1.42. The number of nitrogens with one attached hydrogen (secondary N) is 1. The third-order valence-electron chi connectivity index (χ3n) is 0.886. The molecule has 0 bridgehead atoms. The van der Waals surface area contributed by atoms with Crippen molar-refractivity contribution in [1.82, 2.24) is 9.97 Å². The van der Waals surface area contributed by atoms with Crippen LogP contribution in [0.4, 0.5) is 0 Å². The van der Waals surface area contributed by atoms with Crippen molar-refractivity contribution < 1.29 is 9.90 Å². The van der Waals surface area contributed by atoms with Gasteiger partial charge in [-0.3, -0.25) is 14.6 Å². The Kier molecular flexibility index (Phi) is 4.39. The molecular formula is C6H8N2O3. The first-order chi connectivity index (χ1) is 5.22. The van der Waals surface area contributed by atoms with Gasteiger partial charge in [-0.05, 0) is 6.92 Å². The molecule has 0 aliphatic rings. The predicted octanol–water partition coefficient (Wildman–Crippen LogP) is -0.221. The second-order valence-electron chi connectivity index (χ2n) is 1.61. The number of hydrogen-bond donors (Lipinski definition) is 2. The molecule has 0 unspecified atom stereocenters. The van der Waals surface area contributed by atoms with E-state index >= 15 is 0 Å². The van der Waals surface area contributed by atoms with Crippen LogP contribution in [0.25, 0.3) is 0 Å². The number of aromatic nitrogens is 2. The molecular weight excluding hydrogens is 148 g/mol. The molecule has 5 nitrogen and oxygen atoms in total. The fourth-order valence-corrected chi connectivity index (χ4v) is 0.425. The standard InChI is InChI=1S/C5H6N2O.CH2O2/c1-4-5(8)7-3-2-6-4;2-1-3/h2-3H,1H3,(H,7,8);1H,(H,2,3). The van der Waals surface area contributed by atoms with Crippen LogP contribution in [0.15, 0.2) is 17.2 Å². The van der Waals surface area contributed by atoms with Gasteiger partial charge in [-0.2, -0.15) is 0 Å². The van der Waals surface area contributed by atoms with Gasteiger partial charge in [-0.25, -0.2) is 0 Å². The third kappa shape index (κ3) is 3.85. The first-order valence-corrected chi connectivity index (χ1v) is 2.80. The van der Waals surface area contributed by atoms with Crippen LogP contribution < -0.4 is 5.56 Å². The van der Waals surface area contributed by atoms with Gasteiger partial charge in [-0.1, -0.05) is 0 Å². The smallest absolute Gasteiger partial charge is 0.290 e. The fraction of sp³-hybridized carbons (Fsp3) is 0.167. The molecule has 0 amide bonds. The highest BCUT2D eigenvalue weighted by molar-refractivity contribution is 5.32. The van der Waals surface area contributed by atoms with Gasteiger partial charge in [0.1, 0.15) is 5.69 Å². The largest absolute Gasteiger partial charge is 0.483 e. The van der Waals surface area contributed by atoms with E-state index in [1.807, 2.05) is 0 Å². The third-order valence-corrected chi connectivity index (χ3v) is 0.886. The maximum atomic E-state index is 10.5. The van der Waals surface area contributed by atoms with E-state index in [2.05, 4.69) is 9.97 Å². The quantitative estimate of drug-likeness (QED) is 0.508. The summed E-state index contributed by atoms with van der Waals surface area (Å²) < 4.78 is 0. The molecule has 1 aromatic heterocycles. The molecule has 0 fully saturated rings. The van der Waals surface area contributed by atoms with Crippen LogP contribution in [-0.2, 0) is 4.79 Å². The van der Waals surface area contributed by atoms with Crippen molar-refractivity contribution in [3.05, 3.63) is 28.4 Å². The number of carboxylic acid groups (broad SMARTS) is 1. The summed E-state index contributed by atoms with van der Waals surface area (Å²) in [5.74, 6) is 0. The number of aromatic amines is 1. The summed E-state index contributed by atoms with van der Waals surface area (Å²) in [5.41, 5.74) is 0.389. The van der Waals surface area contributed by atoms with Gasteiger partial charge >= 0.3 is 0 Å². The van der Waals surface area contributed by atoms with Gasteiger partial charge < -0.3 is 10.1 Å². The second-order valence-corrected chi connectivity index (χ2v) is 1.61. The Morgan fingerprint density at radius 2 is 2.27 bits per heavy atom. The lowest BCUT2D eigenvalue weighted by molar-refractivity contribution is -0.122. The van der Waals surface area contributed by atoms with E-state index in [9.17, 15) is 4.79 Å². The zero-order valence-corrected chi connectivity index (χ0v) is 5.94. The van der Waals surface area contributed by atoms with Gasteiger partial charge in [0.25, 0.3) is 12.0 Å². The number of carbonyl (C=O) groups is 1. The lowest BCUT2D eigenvalue weighted by Gasteiger charge is -1.83. The van der Waals surface area contributed by atoms with Crippen molar-refractivity contribution in [3.63, 3.8) is 0 Å². The average molecular weight is 156 g/mol. The Balaban J connectivity index is 0.000000292. The van der Waals surface area contributed by atoms with E-state index in [0.29, 0.717) is 5.69 Å². The monoisotopic (exact) mass is 156 g/mol. The van der Waals surface area contributed by atoms with Crippen LogP contribution >= 0.6 is 0 Å². The Labute approximate surface area is 62.7 Å². The molecule has 0 aromatic carbocycles. The predicted molar refractivity (Wildman–Crippen MR) is 38.3 cm³/mol. The van der Waals surface area contributed by atoms with Crippen molar-refractivity contribution in [1.29, 1.82) is 0 Å². The Morgan fingerprint density at radius 3 is 2.55 bits per heavy atom. The molecule has 0 radical (unpaired) electrons. The molecule has 0 saturated carbocycles. The molecule has 1 rings (SSSR count). The molecule has 1 heterocycles. The fourth-order valence-electron chi connectivity index (χ4n) is 0.425. The van der Waals surface area contributed by atoms with Crippen molar-refractivity contribution in [2.75, 3.05) is 0 Å². The molecule has 5 heteroatoms. The van der Waals surface area contributed by atoms with Gasteiger partial charge in [0, 0.05) is 12.4 Å². The number of aryl methyl sites for hydroxylation is 1. The van der Waals surface area contributed by atoms with E-state index in [1.165, 1.54) is 6.20 Å². The first kappa shape index (κ1) is 9.35. The number of H-pyrrole nitrogens is 1. The summed E-state index contributed by atoms with van der Waals surface area (Å²) in [6, 6.07) is 0. The van der Waals surface area contributed by atoms with E-state index in [4.69, 9.17) is 9.90 Å². The zero-order chi connectivity index (χ0) is 8.69. The number of rotatable bonds is 0. The summed E-state index contributed by atoms with van der Waals surface area (Å²) in [4.78, 5) is 25.1. The van der Waals surface area contributed by atoms with Crippen molar-refractivity contribution in [2.45, 2.75) is 6.92 Å². The van der Waals surface area contributed by atoms with Crippen LogP contribution in [0.5, 0.6) is 0 Å². The van der Waals surface area contributed by atoms with Crippen molar-refractivity contribution in [3.8, 4) is 0 Å². The lowest BCUT2D eigenvalue weighted by atomic mass is 10.5. The minimum atomic E-state index is -0.250. The summed E-state index contributed by atoms with van der Waals surface area (Å²) in [7, 11) is 0. The van der Waals surface area contributed by atoms with Crippen molar-refractivity contribution in [2.24, 2.45) is 0 Å². The molecule has 0 atom stereocenters. The molecule has 11 heavy (non-hydrogen) atoms. The SMILES string of the molecule is Cc1ncc[nH]c1=O.O=CO. The van der Waals surface area contributed by atoms with Crippen LogP contribution in [0.3, 0.4) is 0 Å². The van der Waals surface area contributed by atoms with E-state index in [-0.39, 0.29) is 12.0 Å². The minimum Gasteiger partial charge on any atom is -0.483 e. The molecule has 0 aliphatic carbocycles. The van der Waals surface area contributed by atoms with Gasteiger partial charge in [0.15, 0.2) is 0 Å². The van der Waals surface area contributed by atoms with Gasteiger partial charge in [0.2, 0.25) is 0 Å². The highest BCUT2D eigenvalue weighted by Gasteiger charge is 1.85. The molecule has 0 aliphatic heterocycles. The Morgan fingerprint density at radius 1 is 1.73 bits per heavy atom. The highest BCUT2D eigenvalue weighted by Crippen LogP contribution is 1.72. The summed E-state index contributed by atoms with van der Waals surface area (Å²) in [6.07, 6.45) is 3.06. The zero-order valence-electron chi connectivity index (χ0n) is 5.94. The summed E-state index contributed by atoms with van der Waals surface area (Å²) in [5, 5.41) is 6.89. The molecule has 0 spiro atoms. The molecule has 60 valence electrons. The van der Waals surface area contributed by atoms with E-state index in [0.717, 1.165) is 0 Å². The maximum absolute atomic E-state index is 10.5. The molecule has 0 saturated heterocycles. The molecule has 1 aromatic rings. The second kappa shape index (κ2) is 5.16. The van der Waals surface area contributed by atoms with Crippen LogP contribution in [0, 0.1) is 6.92 Å². The van der Waals surface area contributed by atoms with Crippen LogP contribution in [0.1, 0.15) is 5.69 Å². The number of hydrogen-bond acceptors (Lipinski definition) is 3. The van der Waals surface area contributed by atoms with Crippen LogP contribution in [-0.4, -0.2) is 21.5 Å². The first-order valence-electron chi connectivity index (χ1n) is 2.80. The summed E-state index contributed by atoms with van der Waals surface area (Å²) >= 11 is 0. The van der Waals surface area contributed by atoms with E-state index in [1.54, 1.807) is 13.1 Å². The number of nitrogens with zero attached hydrogens (tertiary/aromatic N) is 1. The topological polar surface area (TPSA) is 83.0 Å². The van der Waals surface area contributed by atoms with Gasteiger partial charge in [0.05, 0.1) is 0 Å². The van der Waals surface area contributed by atoms with Crippen LogP contribution in [0.2, 0.25) is 0 Å². The molecule has 2 N–H and O–H groups in total. The normalized spacial score (nSPS) is 7.73. The lowest BCUT2D eigenvalue weighted by Crippen LogP contribution is -2.08. The Hall–Kier alpha value is -1.65.